The average Bonchev–Trinajstić information content (AvgIpc) is 3.33. The van der Waals surface area contributed by atoms with Gasteiger partial charge in [-0.05, 0) is 24.0 Å². The lowest BCUT2D eigenvalue weighted by Gasteiger charge is -2.23. The highest BCUT2D eigenvalue weighted by Gasteiger charge is 2.36. The number of carbonyl (C=O) groups excluding carboxylic acids is 2. The summed E-state index contributed by atoms with van der Waals surface area (Å²) in [6.45, 7) is 4.75. The van der Waals surface area contributed by atoms with E-state index < -0.39 is 5.92 Å². The number of rotatable bonds is 5. The number of nitrogens with zero attached hydrogens (tertiary/aromatic N) is 1. The molecule has 0 aliphatic carbocycles. The molecule has 0 bridgehead atoms. The highest BCUT2D eigenvalue weighted by Crippen LogP contribution is 2.39. The maximum Gasteiger partial charge on any atom is 0.231 e. The van der Waals surface area contributed by atoms with Gasteiger partial charge in [0.25, 0.3) is 0 Å². The summed E-state index contributed by atoms with van der Waals surface area (Å²) < 4.78 is 10.6. The van der Waals surface area contributed by atoms with Gasteiger partial charge in [0.2, 0.25) is 18.6 Å². The Morgan fingerprint density at radius 3 is 2.76 bits per heavy atom. The van der Waals surface area contributed by atoms with Gasteiger partial charge in [-0.25, -0.2) is 0 Å². The molecule has 2 heterocycles. The van der Waals surface area contributed by atoms with Crippen molar-refractivity contribution in [1.29, 1.82) is 0 Å². The minimum atomic E-state index is -0.447. The molecule has 152 valence electrons. The standard InChI is InChI=1S/C22H25N3O4/c1-3-13(2)15-6-4-5-7-18(15)25-11-14(8-21(25)26)22(27)24-17-10-20-19(9-16(17)23)28-12-29-20/h4-7,9-10,13-14H,3,8,11-12,23H2,1-2H3,(H,24,27). The van der Waals surface area contributed by atoms with Gasteiger partial charge in [-0.2, -0.15) is 0 Å². The maximum atomic E-state index is 12.8. The van der Waals surface area contributed by atoms with E-state index in [4.69, 9.17) is 15.2 Å². The normalized spacial score (nSPS) is 18.8. The molecule has 2 aromatic rings. The van der Waals surface area contributed by atoms with Gasteiger partial charge in [-0.1, -0.05) is 32.0 Å². The third-order valence-electron chi connectivity index (χ3n) is 5.67. The van der Waals surface area contributed by atoms with E-state index in [1.54, 1.807) is 17.0 Å². The fourth-order valence-corrected chi connectivity index (χ4v) is 3.79. The van der Waals surface area contributed by atoms with Crippen molar-refractivity contribution in [1.82, 2.24) is 0 Å². The molecule has 2 atom stereocenters. The van der Waals surface area contributed by atoms with Gasteiger partial charge in [0, 0.05) is 30.8 Å². The number of nitrogens with one attached hydrogen (secondary N) is 1. The number of para-hydroxylation sites is 1. The Labute approximate surface area is 169 Å². The predicted molar refractivity (Wildman–Crippen MR) is 111 cm³/mol. The lowest BCUT2D eigenvalue weighted by atomic mass is 9.96. The van der Waals surface area contributed by atoms with Crippen molar-refractivity contribution in [3.63, 3.8) is 0 Å². The number of nitrogen functional groups attached to an aromatic ring is 1. The molecule has 2 aliphatic rings. The van der Waals surface area contributed by atoms with Crippen molar-refractivity contribution in [2.24, 2.45) is 5.92 Å². The van der Waals surface area contributed by atoms with E-state index in [2.05, 4.69) is 25.2 Å². The van der Waals surface area contributed by atoms with Crippen LogP contribution in [0.5, 0.6) is 11.5 Å². The first kappa shape index (κ1) is 19.1. The second-order valence-corrected chi connectivity index (χ2v) is 7.56. The van der Waals surface area contributed by atoms with E-state index >= 15 is 0 Å². The Morgan fingerprint density at radius 2 is 2.00 bits per heavy atom. The summed E-state index contributed by atoms with van der Waals surface area (Å²) in [7, 11) is 0. The van der Waals surface area contributed by atoms with Gasteiger partial charge >= 0.3 is 0 Å². The number of nitrogens with two attached hydrogens (primary N) is 1. The molecule has 0 saturated carbocycles. The fourth-order valence-electron chi connectivity index (χ4n) is 3.79. The molecule has 1 saturated heterocycles. The third kappa shape index (κ3) is 3.60. The Bertz CT molecular complexity index is 959. The zero-order chi connectivity index (χ0) is 20.5. The number of fused-ring (bicyclic) bond motifs is 1. The van der Waals surface area contributed by atoms with E-state index in [0.717, 1.165) is 17.7 Å². The Kier molecular flexibility index (Phi) is 5.05. The molecule has 0 radical (unpaired) electrons. The van der Waals surface area contributed by atoms with Gasteiger partial charge in [0.15, 0.2) is 11.5 Å². The maximum absolute atomic E-state index is 12.8. The smallest absolute Gasteiger partial charge is 0.231 e. The van der Waals surface area contributed by atoms with E-state index in [1.807, 2.05) is 18.2 Å². The number of anilines is 3. The monoisotopic (exact) mass is 395 g/mol. The minimum absolute atomic E-state index is 0.0421. The molecule has 7 nitrogen and oxygen atoms in total. The summed E-state index contributed by atoms with van der Waals surface area (Å²) >= 11 is 0. The molecular weight excluding hydrogens is 370 g/mol. The van der Waals surface area contributed by atoms with Crippen molar-refractivity contribution in [2.45, 2.75) is 32.6 Å². The van der Waals surface area contributed by atoms with E-state index in [-0.39, 0.29) is 25.0 Å². The molecule has 29 heavy (non-hydrogen) atoms. The summed E-state index contributed by atoms with van der Waals surface area (Å²) in [6, 6.07) is 11.2. The van der Waals surface area contributed by atoms with E-state index in [1.165, 1.54) is 0 Å². The molecule has 0 spiro atoms. The van der Waals surface area contributed by atoms with E-state index in [0.29, 0.717) is 35.3 Å². The van der Waals surface area contributed by atoms with Gasteiger partial charge in [-0.15, -0.1) is 0 Å². The summed E-state index contributed by atoms with van der Waals surface area (Å²) in [6.07, 6.45) is 1.15. The van der Waals surface area contributed by atoms with Crippen LogP contribution in [0, 0.1) is 5.92 Å². The second kappa shape index (κ2) is 7.66. The first-order valence-electron chi connectivity index (χ1n) is 9.87. The summed E-state index contributed by atoms with van der Waals surface area (Å²) in [4.78, 5) is 27.3. The molecule has 7 heteroatoms. The Morgan fingerprint density at radius 1 is 1.28 bits per heavy atom. The molecular formula is C22H25N3O4. The summed E-state index contributed by atoms with van der Waals surface area (Å²) in [5, 5.41) is 2.84. The summed E-state index contributed by atoms with van der Waals surface area (Å²) in [5.41, 5.74) is 8.91. The highest BCUT2D eigenvalue weighted by molar-refractivity contribution is 6.04. The molecule has 2 aromatic carbocycles. The quantitative estimate of drug-likeness (QED) is 0.756. The highest BCUT2D eigenvalue weighted by atomic mass is 16.7. The predicted octanol–water partition coefficient (Wildman–Crippen LogP) is 3.50. The lowest BCUT2D eigenvalue weighted by molar-refractivity contribution is -0.122. The number of benzene rings is 2. The molecule has 3 N–H and O–H groups in total. The molecule has 2 aliphatic heterocycles. The fraction of sp³-hybridized carbons (Fsp3) is 0.364. The topological polar surface area (TPSA) is 93.9 Å². The van der Waals surface area contributed by atoms with Crippen LogP contribution in [0.25, 0.3) is 0 Å². The number of ether oxygens (including phenoxy) is 2. The van der Waals surface area contributed by atoms with Crippen LogP contribution in [-0.4, -0.2) is 25.2 Å². The summed E-state index contributed by atoms with van der Waals surface area (Å²) in [5.74, 6) is 0.718. The van der Waals surface area contributed by atoms with Crippen LogP contribution in [0.15, 0.2) is 36.4 Å². The zero-order valence-corrected chi connectivity index (χ0v) is 16.6. The number of carbonyl (C=O) groups is 2. The van der Waals surface area contributed by atoms with Crippen LogP contribution in [0.1, 0.15) is 38.2 Å². The van der Waals surface area contributed by atoms with Crippen molar-refractivity contribution < 1.29 is 19.1 Å². The van der Waals surface area contributed by atoms with Crippen LogP contribution in [-0.2, 0) is 9.59 Å². The largest absolute Gasteiger partial charge is 0.454 e. The Hall–Kier alpha value is -3.22. The lowest BCUT2D eigenvalue weighted by Crippen LogP contribution is -2.29. The van der Waals surface area contributed by atoms with Gasteiger partial charge in [0.1, 0.15) is 0 Å². The SMILES string of the molecule is CCC(C)c1ccccc1N1CC(C(=O)Nc2cc3c(cc2N)OCO3)CC1=O. The number of hydrogen-bond donors (Lipinski definition) is 2. The molecule has 1 fully saturated rings. The average molecular weight is 395 g/mol. The van der Waals surface area contributed by atoms with Crippen LogP contribution in [0.2, 0.25) is 0 Å². The number of hydrogen-bond acceptors (Lipinski definition) is 5. The first-order chi connectivity index (χ1) is 14.0. The minimum Gasteiger partial charge on any atom is -0.454 e. The van der Waals surface area contributed by atoms with Crippen LogP contribution < -0.4 is 25.4 Å². The molecule has 2 amide bonds. The zero-order valence-electron chi connectivity index (χ0n) is 16.6. The van der Waals surface area contributed by atoms with Crippen molar-refractivity contribution in [3.05, 3.63) is 42.0 Å². The van der Waals surface area contributed by atoms with Crippen molar-refractivity contribution in [2.75, 3.05) is 29.3 Å². The molecule has 4 rings (SSSR count). The second-order valence-electron chi connectivity index (χ2n) is 7.56. The van der Waals surface area contributed by atoms with Gasteiger partial charge < -0.3 is 25.4 Å². The first-order valence-corrected chi connectivity index (χ1v) is 9.87. The van der Waals surface area contributed by atoms with Crippen LogP contribution in [0.4, 0.5) is 17.1 Å². The number of amides is 2. The van der Waals surface area contributed by atoms with Crippen LogP contribution in [0.3, 0.4) is 0 Å². The molecule has 2 unspecified atom stereocenters. The van der Waals surface area contributed by atoms with Gasteiger partial charge in [-0.3, -0.25) is 9.59 Å². The van der Waals surface area contributed by atoms with Crippen molar-refractivity contribution in [3.8, 4) is 11.5 Å². The van der Waals surface area contributed by atoms with E-state index in [9.17, 15) is 9.59 Å². The Balaban J connectivity index is 1.51. The molecule has 0 aromatic heterocycles. The van der Waals surface area contributed by atoms with Gasteiger partial charge in [0.05, 0.1) is 17.3 Å². The van der Waals surface area contributed by atoms with Crippen molar-refractivity contribution >= 4 is 28.9 Å². The third-order valence-corrected chi connectivity index (χ3v) is 5.67. The van der Waals surface area contributed by atoms with Crippen LogP contribution >= 0.6 is 0 Å².